The quantitative estimate of drug-likeness (QED) is 0.111. The number of rotatable bonds is 20. The first-order valence-corrected chi connectivity index (χ1v) is 11.3. The Labute approximate surface area is 232 Å². The predicted molar refractivity (Wildman–Crippen MR) is 110 cm³/mol. The molecule has 0 saturated heterocycles. The van der Waals surface area contributed by atoms with E-state index >= 15 is 0 Å². The zero-order valence-electron chi connectivity index (χ0n) is 20.1. The minimum absolute atomic E-state index is 0. The summed E-state index contributed by atoms with van der Waals surface area (Å²) in [6.45, 7) is 2.24. The molecule has 0 aliphatic carbocycles. The Bertz CT molecular complexity index is 473. The second kappa shape index (κ2) is 23.7. The van der Waals surface area contributed by atoms with E-state index in [0.29, 0.717) is 12.8 Å². The Kier molecular flexibility index (Phi) is 27.7. The van der Waals surface area contributed by atoms with Crippen LogP contribution in [0.1, 0.15) is 110 Å². The van der Waals surface area contributed by atoms with Crippen LogP contribution in [-0.4, -0.2) is 33.9 Å². The van der Waals surface area contributed by atoms with E-state index in [0.717, 1.165) is 38.5 Å². The van der Waals surface area contributed by atoms with E-state index in [1.807, 2.05) is 0 Å². The third-order valence-electron chi connectivity index (χ3n) is 5.35. The van der Waals surface area contributed by atoms with Crippen LogP contribution < -0.4 is 69.3 Å². The molecule has 0 aromatic carbocycles. The van der Waals surface area contributed by atoms with Crippen LogP contribution in [0, 0.1) is 0 Å². The molecule has 0 aliphatic heterocycles. The molecule has 0 heterocycles. The SMILES string of the molecule is CCCCCCCCC/C=C\CCCCCCCCC(O)(C(=O)[O-])C(O)C(=O)[O-].[Na+].[Na+]. The van der Waals surface area contributed by atoms with Gasteiger partial charge in [0.1, 0.15) is 11.7 Å². The molecule has 0 fully saturated rings. The Morgan fingerprint density at radius 1 is 0.774 bits per heavy atom. The van der Waals surface area contributed by atoms with Crippen molar-refractivity contribution in [2.24, 2.45) is 0 Å². The minimum Gasteiger partial charge on any atom is -0.547 e. The maximum Gasteiger partial charge on any atom is 1.00 e. The molecule has 0 bridgehead atoms. The van der Waals surface area contributed by atoms with Gasteiger partial charge in [0.05, 0.1) is 11.9 Å². The van der Waals surface area contributed by atoms with Gasteiger partial charge < -0.3 is 30.0 Å². The number of carbonyl (C=O) groups excluding carboxylic acids is 2. The summed E-state index contributed by atoms with van der Waals surface area (Å²) in [5, 5.41) is 40.7. The van der Waals surface area contributed by atoms with Gasteiger partial charge in [-0.1, -0.05) is 89.7 Å². The fourth-order valence-electron chi connectivity index (χ4n) is 3.36. The van der Waals surface area contributed by atoms with Crippen LogP contribution in [0.25, 0.3) is 0 Å². The van der Waals surface area contributed by atoms with Gasteiger partial charge in [-0.25, -0.2) is 0 Å². The van der Waals surface area contributed by atoms with Crippen molar-refractivity contribution >= 4 is 11.9 Å². The Hall–Kier alpha value is 0.600. The second-order valence-electron chi connectivity index (χ2n) is 7.97. The third-order valence-corrected chi connectivity index (χ3v) is 5.35. The van der Waals surface area contributed by atoms with Gasteiger partial charge >= 0.3 is 59.1 Å². The van der Waals surface area contributed by atoms with E-state index in [-0.39, 0.29) is 65.5 Å². The monoisotopic (exact) mass is 458 g/mol. The molecule has 0 radical (unpaired) electrons. The summed E-state index contributed by atoms with van der Waals surface area (Å²) < 4.78 is 0. The van der Waals surface area contributed by atoms with Crippen molar-refractivity contribution in [2.45, 2.75) is 121 Å². The Balaban J connectivity index is -0.00000392. The molecule has 0 spiro atoms. The maximum atomic E-state index is 11.0. The van der Waals surface area contributed by atoms with Gasteiger partial charge in [0.25, 0.3) is 0 Å². The van der Waals surface area contributed by atoms with Gasteiger partial charge in [0.15, 0.2) is 0 Å². The van der Waals surface area contributed by atoms with Gasteiger partial charge in [-0.15, -0.1) is 0 Å². The number of hydrogen-bond donors (Lipinski definition) is 2. The van der Waals surface area contributed by atoms with Crippen LogP contribution in [-0.2, 0) is 9.59 Å². The normalized spacial score (nSPS) is 13.8. The second-order valence-corrected chi connectivity index (χ2v) is 7.97. The van der Waals surface area contributed by atoms with Crippen molar-refractivity contribution < 1.29 is 89.1 Å². The molecular weight excluding hydrogens is 418 g/mol. The van der Waals surface area contributed by atoms with Crippen LogP contribution in [0.2, 0.25) is 0 Å². The smallest absolute Gasteiger partial charge is 0.547 e. The topological polar surface area (TPSA) is 121 Å². The van der Waals surface area contributed by atoms with Crippen LogP contribution in [0.15, 0.2) is 12.2 Å². The average Bonchev–Trinajstić information content (AvgIpc) is 2.69. The van der Waals surface area contributed by atoms with E-state index in [1.165, 1.54) is 44.9 Å². The first-order chi connectivity index (χ1) is 13.9. The Morgan fingerprint density at radius 2 is 1.16 bits per heavy atom. The van der Waals surface area contributed by atoms with Gasteiger partial charge in [-0.2, -0.15) is 0 Å². The van der Waals surface area contributed by atoms with Crippen molar-refractivity contribution in [1.29, 1.82) is 0 Å². The maximum absolute atomic E-state index is 11.0. The first kappa shape index (κ1) is 36.2. The van der Waals surface area contributed by atoms with E-state index < -0.39 is 23.6 Å². The molecule has 0 rings (SSSR count). The number of carbonyl (C=O) groups is 2. The number of aliphatic hydroxyl groups is 2. The molecule has 0 aromatic rings. The number of unbranched alkanes of at least 4 members (excludes halogenated alkanes) is 13. The zero-order valence-corrected chi connectivity index (χ0v) is 24.1. The fraction of sp³-hybridized carbons (Fsp3) is 0.826. The van der Waals surface area contributed by atoms with Crippen LogP contribution in [0.3, 0.4) is 0 Å². The summed E-state index contributed by atoms with van der Waals surface area (Å²) in [7, 11) is 0. The van der Waals surface area contributed by atoms with E-state index in [9.17, 15) is 30.0 Å². The van der Waals surface area contributed by atoms with Crippen molar-refractivity contribution in [2.75, 3.05) is 0 Å². The zero-order chi connectivity index (χ0) is 22.0. The van der Waals surface area contributed by atoms with Gasteiger partial charge in [-0.05, 0) is 32.1 Å². The minimum atomic E-state index is -2.79. The molecular formula is C23H40Na2O6. The number of aliphatic hydroxyl groups excluding tert-OH is 1. The summed E-state index contributed by atoms with van der Waals surface area (Å²) in [6.07, 6.45) is 18.2. The third kappa shape index (κ3) is 18.7. The summed E-state index contributed by atoms with van der Waals surface area (Å²) >= 11 is 0. The van der Waals surface area contributed by atoms with Gasteiger partial charge in [0, 0.05) is 0 Å². The molecule has 2 N–H and O–H groups in total. The Morgan fingerprint density at radius 3 is 1.55 bits per heavy atom. The standard InChI is InChI=1S/C23H42O6.2Na/c1-2-3-4-5-6-7-8-9-10-11-12-13-14-15-16-17-18-19-23(29,22(27)28)20(24)21(25)26;;/h10-11,20,24,29H,2-9,12-19H2,1H3,(H,25,26)(H,27,28);;/q;2*+1/p-2/b11-10-;;. The van der Waals surface area contributed by atoms with Crippen molar-refractivity contribution in [1.82, 2.24) is 0 Å². The molecule has 6 nitrogen and oxygen atoms in total. The first-order valence-electron chi connectivity index (χ1n) is 11.3. The number of aliphatic carboxylic acids is 2. The van der Waals surface area contributed by atoms with Crippen LogP contribution in [0.5, 0.6) is 0 Å². The number of carboxylic acids is 2. The molecule has 0 amide bonds. The molecule has 0 saturated carbocycles. The summed E-state index contributed by atoms with van der Waals surface area (Å²) in [6, 6.07) is 0. The average molecular weight is 459 g/mol. The summed E-state index contributed by atoms with van der Waals surface area (Å²) in [5.41, 5.74) is -2.79. The van der Waals surface area contributed by atoms with Crippen molar-refractivity contribution in [3.8, 4) is 0 Å². The number of allylic oxidation sites excluding steroid dienone is 2. The van der Waals surface area contributed by atoms with Crippen molar-refractivity contribution in [3.05, 3.63) is 12.2 Å². The van der Waals surface area contributed by atoms with E-state index in [1.54, 1.807) is 0 Å². The summed E-state index contributed by atoms with van der Waals surface area (Å²) in [4.78, 5) is 21.6. The van der Waals surface area contributed by atoms with E-state index in [4.69, 9.17) is 0 Å². The molecule has 0 aliphatic rings. The van der Waals surface area contributed by atoms with Gasteiger partial charge in [-0.3, -0.25) is 0 Å². The summed E-state index contributed by atoms with van der Waals surface area (Å²) in [5.74, 6) is -4.01. The number of carboxylic acid groups (broad SMARTS) is 2. The molecule has 170 valence electrons. The van der Waals surface area contributed by atoms with Crippen LogP contribution >= 0.6 is 0 Å². The van der Waals surface area contributed by atoms with Crippen molar-refractivity contribution in [3.63, 3.8) is 0 Å². The van der Waals surface area contributed by atoms with E-state index in [2.05, 4.69) is 19.1 Å². The largest absolute Gasteiger partial charge is 1.00 e. The van der Waals surface area contributed by atoms with Gasteiger partial charge in [0.2, 0.25) is 0 Å². The molecule has 0 aromatic heterocycles. The fourth-order valence-corrected chi connectivity index (χ4v) is 3.36. The predicted octanol–water partition coefficient (Wildman–Crippen LogP) is -3.60. The molecule has 8 heteroatoms. The number of hydrogen-bond acceptors (Lipinski definition) is 6. The molecule has 2 unspecified atom stereocenters. The van der Waals surface area contributed by atoms with Crippen LogP contribution in [0.4, 0.5) is 0 Å². The molecule has 2 atom stereocenters. The molecule has 31 heavy (non-hydrogen) atoms.